The number of benzene rings is 2. The molecule has 3 aromatic rings. The molecule has 0 aliphatic rings. The van der Waals surface area contributed by atoms with Crippen molar-refractivity contribution in [1.82, 2.24) is 14.8 Å². The molecule has 0 aliphatic heterocycles. The number of aromatic nitrogens is 3. The summed E-state index contributed by atoms with van der Waals surface area (Å²) in [5.74, 6) is 1.12. The van der Waals surface area contributed by atoms with Crippen molar-refractivity contribution in [2.75, 3.05) is 11.1 Å². The molecule has 0 radical (unpaired) electrons. The number of hydrogen-bond donors (Lipinski definition) is 1. The van der Waals surface area contributed by atoms with Crippen LogP contribution in [0.2, 0.25) is 5.02 Å². The van der Waals surface area contributed by atoms with Gasteiger partial charge < -0.3 is 14.6 Å². The highest BCUT2D eigenvalue weighted by Crippen LogP contribution is 2.27. The van der Waals surface area contributed by atoms with E-state index in [2.05, 4.69) is 15.5 Å². The van der Waals surface area contributed by atoms with E-state index in [1.807, 2.05) is 32.0 Å². The third-order valence-electron chi connectivity index (χ3n) is 4.37. The van der Waals surface area contributed by atoms with E-state index >= 15 is 0 Å². The topological polar surface area (TPSA) is 112 Å². The van der Waals surface area contributed by atoms with Gasteiger partial charge in [-0.2, -0.15) is 0 Å². The number of rotatable bonds is 8. The van der Waals surface area contributed by atoms with Crippen LogP contribution in [0.3, 0.4) is 0 Å². The number of halogens is 1. The SMILES string of the molecule is Cc1ccc(OCc2nnc(SCC(=O)Nc3ccc(Cl)c([N+](=O)[O-])c3)n2C)c(C)c1. The van der Waals surface area contributed by atoms with Gasteiger partial charge in [0.1, 0.15) is 17.4 Å². The summed E-state index contributed by atoms with van der Waals surface area (Å²) in [5, 5.41) is 22.4. The molecule has 3 rings (SSSR count). The van der Waals surface area contributed by atoms with Crippen LogP contribution in [0.1, 0.15) is 17.0 Å². The Morgan fingerprint density at radius 2 is 2.03 bits per heavy atom. The maximum atomic E-state index is 12.2. The molecule has 1 aromatic heterocycles. The largest absolute Gasteiger partial charge is 0.485 e. The Morgan fingerprint density at radius 3 is 2.74 bits per heavy atom. The van der Waals surface area contributed by atoms with Crippen molar-refractivity contribution in [2.45, 2.75) is 25.6 Å². The zero-order chi connectivity index (χ0) is 22.5. The van der Waals surface area contributed by atoms with Gasteiger partial charge in [0.15, 0.2) is 11.0 Å². The first-order chi connectivity index (χ1) is 14.7. The number of carbonyl (C=O) groups excluding carboxylic acids is 1. The number of amides is 1. The number of nitrogens with zero attached hydrogens (tertiary/aromatic N) is 4. The van der Waals surface area contributed by atoms with Crippen LogP contribution in [0.25, 0.3) is 0 Å². The molecule has 0 spiro atoms. The number of thioether (sulfide) groups is 1. The second-order valence-corrected chi connectivity index (χ2v) is 8.13. The average molecular weight is 462 g/mol. The lowest BCUT2D eigenvalue weighted by Gasteiger charge is -2.09. The Balaban J connectivity index is 1.56. The van der Waals surface area contributed by atoms with Crippen LogP contribution in [-0.2, 0) is 18.4 Å². The summed E-state index contributed by atoms with van der Waals surface area (Å²) in [7, 11) is 1.80. The molecule has 0 unspecified atom stereocenters. The molecule has 0 saturated heterocycles. The van der Waals surface area contributed by atoms with Gasteiger partial charge in [-0.1, -0.05) is 41.1 Å². The standard InChI is InChI=1S/C20H20ClN5O4S/c1-12-4-7-17(13(2)8-12)30-10-18-23-24-20(25(18)3)31-11-19(27)22-14-5-6-15(21)16(9-14)26(28)29/h4-9H,10-11H2,1-3H3,(H,22,27). The molecule has 0 atom stereocenters. The third kappa shape index (κ3) is 5.74. The van der Waals surface area contributed by atoms with Crippen LogP contribution in [0, 0.1) is 24.0 Å². The minimum Gasteiger partial charge on any atom is -0.485 e. The maximum Gasteiger partial charge on any atom is 0.289 e. The summed E-state index contributed by atoms with van der Waals surface area (Å²) in [6, 6.07) is 10.0. The molecule has 0 aliphatic carbocycles. The summed E-state index contributed by atoms with van der Waals surface area (Å²) in [6.07, 6.45) is 0. The fourth-order valence-corrected chi connectivity index (χ4v) is 3.67. The van der Waals surface area contributed by atoms with Crippen molar-refractivity contribution in [3.63, 3.8) is 0 Å². The minimum absolute atomic E-state index is 0.00652. The number of nitro groups is 1. The van der Waals surface area contributed by atoms with Gasteiger partial charge in [0.2, 0.25) is 5.91 Å². The van der Waals surface area contributed by atoms with E-state index in [0.717, 1.165) is 16.9 Å². The molecule has 31 heavy (non-hydrogen) atoms. The Morgan fingerprint density at radius 1 is 1.26 bits per heavy atom. The first-order valence-corrected chi connectivity index (χ1v) is 10.6. The van der Waals surface area contributed by atoms with Crippen molar-refractivity contribution in [3.05, 3.63) is 68.5 Å². The smallest absolute Gasteiger partial charge is 0.289 e. The second-order valence-electron chi connectivity index (χ2n) is 6.78. The Bertz CT molecular complexity index is 1130. The van der Waals surface area contributed by atoms with Crippen molar-refractivity contribution >= 4 is 40.6 Å². The summed E-state index contributed by atoms with van der Waals surface area (Å²) in [5.41, 5.74) is 2.22. The maximum absolute atomic E-state index is 12.2. The monoisotopic (exact) mass is 461 g/mol. The molecule has 0 fully saturated rings. The second kappa shape index (κ2) is 9.80. The Labute approximate surface area is 187 Å². The minimum atomic E-state index is -0.603. The van der Waals surface area contributed by atoms with Crippen molar-refractivity contribution in [1.29, 1.82) is 0 Å². The van der Waals surface area contributed by atoms with Crippen molar-refractivity contribution in [2.24, 2.45) is 7.05 Å². The number of aryl methyl sites for hydroxylation is 2. The first kappa shape index (κ1) is 22.6. The van der Waals surface area contributed by atoms with Crippen molar-refractivity contribution in [3.8, 4) is 5.75 Å². The first-order valence-electron chi connectivity index (χ1n) is 9.19. The molecule has 1 heterocycles. The van der Waals surface area contributed by atoms with Crippen LogP contribution < -0.4 is 10.1 Å². The highest BCUT2D eigenvalue weighted by molar-refractivity contribution is 7.99. The fraction of sp³-hybridized carbons (Fsp3) is 0.250. The highest BCUT2D eigenvalue weighted by atomic mass is 35.5. The normalized spacial score (nSPS) is 10.7. The fourth-order valence-electron chi connectivity index (χ4n) is 2.76. The zero-order valence-electron chi connectivity index (χ0n) is 17.1. The molecular weight excluding hydrogens is 442 g/mol. The predicted octanol–water partition coefficient (Wildman–Crippen LogP) is 4.30. The number of carbonyl (C=O) groups is 1. The number of ether oxygens (including phenoxy) is 1. The zero-order valence-corrected chi connectivity index (χ0v) is 18.7. The lowest BCUT2D eigenvalue weighted by molar-refractivity contribution is -0.384. The Kier molecular flexibility index (Phi) is 7.13. The molecule has 162 valence electrons. The number of anilines is 1. The van der Waals surface area contributed by atoms with E-state index in [1.165, 1.54) is 30.0 Å². The summed E-state index contributed by atoms with van der Waals surface area (Å²) >= 11 is 6.98. The van der Waals surface area contributed by atoms with E-state index in [9.17, 15) is 14.9 Å². The van der Waals surface area contributed by atoms with Gasteiger partial charge in [0.25, 0.3) is 5.69 Å². The van der Waals surface area contributed by atoms with Gasteiger partial charge in [0.05, 0.1) is 10.7 Å². The summed E-state index contributed by atoms with van der Waals surface area (Å²) in [4.78, 5) is 22.6. The van der Waals surface area contributed by atoms with E-state index in [0.29, 0.717) is 16.7 Å². The molecule has 2 aromatic carbocycles. The summed E-state index contributed by atoms with van der Waals surface area (Å²) < 4.78 is 7.60. The third-order valence-corrected chi connectivity index (χ3v) is 5.71. The van der Waals surface area contributed by atoms with Crippen LogP contribution in [0.15, 0.2) is 41.6 Å². The van der Waals surface area contributed by atoms with Gasteiger partial charge in [-0.15, -0.1) is 10.2 Å². The van der Waals surface area contributed by atoms with Crippen LogP contribution in [-0.4, -0.2) is 31.3 Å². The molecule has 9 nitrogen and oxygen atoms in total. The van der Waals surface area contributed by atoms with Gasteiger partial charge in [-0.25, -0.2) is 0 Å². The van der Waals surface area contributed by atoms with Crippen LogP contribution in [0.4, 0.5) is 11.4 Å². The predicted molar refractivity (Wildman–Crippen MR) is 119 cm³/mol. The van der Waals surface area contributed by atoms with Gasteiger partial charge in [-0.05, 0) is 37.6 Å². The Hall–Kier alpha value is -3.11. The van der Waals surface area contributed by atoms with E-state index in [4.69, 9.17) is 16.3 Å². The van der Waals surface area contributed by atoms with E-state index < -0.39 is 4.92 Å². The van der Waals surface area contributed by atoms with Crippen LogP contribution in [0.5, 0.6) is 5.75 Å². The molecule has 1 amide bonds. The van der Waals surface area contributed by atoms with Gasteiger partial charge in [-0.3, -0.25) is 14.9 Å². The van der Waals surface area contributed by atoms with Gasteiger partial charge in [0, 0.05) is 18.8 Å². The molecule has 1 N–H and O–H groups in total. The lowest BCUT2D eigenvalue weighted by atomic mass is 10.1. The summed E-state index contributed by atoms with van der Waals surface area (Å²) in [6.45, 7) is 4.25. The lowest BCUT2D eigenvalue weighted by Crippen LogP contribution is -2.14. The van der Waals surface area contributed by atoms with Gasteiger partial charge >= 0.3 is 0 Å². The molecule has 0 bridgehead atoms. The molecule has 11 heteroatoms. The van der Waals surface area contributed by atoms with Crippen LogP contribution >= 0.6 is 23.4 Å². The average Bonchev–Trinajstić information content (AvgIpc) is 3.06. The van der Waals surface area contributed by atoms with E-state index in [1.54, 1.807) is 11.6 Å². The quantitative estimate of drug-likeness (QED) is 0.302. The number of nitrogens with one attached hydrogen (secondary N) is 1. The number of hydrogen-bond acceptors (Lipinski definition) is 7. The van der Waals surface area contributed by atoms with Crippen molar-refractivity contribution < 1.29 is 14.5 Å². The van der Waals surface area contributed by atoms with E-state index in [-0.39, 0.29) is 29.0 Å². The highest BCUT2D eigenvalue weighted by Gasteiger charge is 2.16. The number of nitro benzene ring substituents is 1. The molecule has 0 saturated carbocycles. The molecular formula is C20H20ClN5O4S.